The number of hydrogen-bond donors (Lipinski definition) is 0. The standard InChI is InChI=1S/C14H19NO3/c1-4-13(16)11-7-9-12(10-8-11)18-14(17)15(5-2)6-3/h7-10H,4-6H2,1-3H3. The minimum absolute atomic E-state index is 0.0802. The molecule has 1 aromatic carbocycles. The van der Waals surface area contributed by atoms with E-state index in [1.165, 1.54) is 0 Å². The van der Waals surface area contributed by atoms with E-state index in [1.54, 1.807) is 29.2 Å². The molecule has 18 heavy (non-hydrogen) atoms. The molecule has 0 aromatic heterocycles. The Bertz CT molecular complexity index is 408. The zero-order valence-corrected chi connectivity index (χ0v) is 11.1. The van der Waals surface area contributed by atoms with Gasteiger partial charge in [0.15, 0.2) is 5.78 Å². The Labute approximate surface area is 108 Å². The van der Waals surface area contributed by atoms with Gasteiger partial charge in [0.1, 0.15) is 5.75 Å². The third-order valence-electron chi connectivity index (χ3n) is 2.72. The van der Waals surface area contributed by atoms with Crippen LogP contribution in [-0.2, 0) is 0 Å². The molecule has 0 spiro atoms. The molecule has 0 aliphatic rings. The largest absolute Gasteiger partial charge is 0.415 e. The van der Waals surface area contributed by atoms with Crippen molar-refractivity contribution in [3.63, 3.8) is 0 Å². The summed E-state index contributed by atoms with van der Waals surface area (Å²) in [6.45, 7) is 6.83. The van der Waals surface area contributed by atoms with Crippen molar-refractivity contribution in [1.82, 2.24) is 4.90 Å². The number of amides is 1. The van der Waals surface area contributed by atoms with E-state index in [9.17, 15) is 9.59 Å². The van der Waals surface area contributed by atoms with Crippen LogP contribution >= 0.6 is 0 Å². The van der Waals surface area contributed by atoms with Gasteiger partial charge in [0, 0.05) is 25.1 Å². The molecule has 0 aliphatic carbocycles. The molecule has 0 atom stereocenters. The highest BCUT2D eigenvalue weighted by atomic mass is 16.6. The number of ketones is 1. The summed E-state index contributed by atoms with van der Waals surface area (Å²) >= 11 is 0. The first-order chi connectivity index (χ1) is 8.62. The zero-order chi connectivity index (χ0) is 13.5. The van der Waals surface area contributed by atoms with Crippen molar-refractivity contribution in [2.45, 2.75) is 27.2 Å². The van der Waals surface area contributed by atoms with Crippen LogP contribution in [0.3, 0.4) is 0 Å². The number of Topliss-reactive ketones (excluding diaryl/α,β-unsaturated/α-hetero) is 1. The maximum absolute atomic E-state index is 11.7. The van der Waals surface area contributed by atoms with Gasteiger partial charge in [0.25, 0.3) is 0 Å². The van der Waals surface area contributed by atoms with Gasteiger partial charge in [-0.1, -0.05) is 6.92 Å². The minimum atomic E-state index is -0.366. The summed E-state index contributed by atoms with van der Waals surface area (Å²) in [6, 6.07) is 6.64. The van der Waals surface area contributed by atoms with Gasteiger partial charge in [0.05, 0.1) is 0 Å². The highest BCUT2D eigenvalue weighted by molar-refractivity contribution is 5.95. The zero-order valence-electron chi connectivity index (χ0n) is 11.1. The van der Waals surface area contributed by atoms with Gasteiger partial charge in [-0.15, -0.1) is 0 Å². The van der Waals surface area contributed by atoms with Gasteiger partial charge in [0.2, 0.25) is 0 Å². The van der Waals surface area contributed by atoms with Crippen LogP contribution in [0, 0.1) is 0 Å². The fourth-order valence-corrected chi connectivity index (χ4v) is 1.56. The Kier molecular flexibility index (Phi) is 5.36. The molecule has 4 nitrogen and oxygen atoms in total. The first-order valence-electron chi connectivity index (χ1n) is 6.22. The molecule has 0 fully saturated rings. The second-order valence-electron chi connectivity index (χ2n) is 3.84. The van der Waals surface area contributed by atoms with E-state index in [2.05, 4.69) is 0 Å². The predicted molar refractivity (Wildman–Crippen MR) is 70.0 cm³/mol. The van der Waals surface area contributed by atoms with Crippen LogP contribution in [0.4, 0.5) is 4.79 Å². The number of carbonyl (C=O) groups is 2. The summed E-state index contributed by atoms with van der Waals surface area (Å²) in [4.78, 5) is 24.7. The van der Waals surface area contributed by atoms with E-state index in [4.69, 9.17) is 4.74 Å². The third-order valence-corrected chi connectivity index (χ3v) is 2.72. The lowest BCUT2D eigenvalue weighted by Gasteiger charge is -2.17. The van der Waals surface area contributed by atoms with Gasteiger partial charge in [-0.25, -0.2) is 4.79 Å². The molecule has 0 radical (unpaired) electrons. The lowest BCUT2D eigenvalue weighted by molar-refractivity contribution is 0.0988. The number of nitrogens with zero attached hydrogens (tertiary/aromatic N) is 1. The van der Waals surface area contributed by atoms with Crippen molar-refractivity contribution >= 4 is 11.9 Å². The van der Waals surface area contributed by atoms with Gasteiger partial charge in [-0.2, -0.15) is 0 Å². The summed E-state index contributed by atoms with van der Waals surface area (Å²) in [5, 5.41) is 0. The highest BCUT2D eigenvalue weighted by Crippen LogP contribution is 2.14. The Hall–Kier alpha value is -1.84. The number of hydrogen-bond acceptors (Lipinski definition) is 3. The normalized spacial score (nSPS) is 9.94. The van der Waals surface area contributed by atoms with E-state index in [1.807, 2.05) is 20.8 Å². The third kappa shape index (κ3) is 3.58. The minimum Gasteiger partial charge on any atom is -0.410 e. The maximum Gasteiger partial charge on any atom is 0.415 e. The molecule has 0 heterocycles. The molecule has 0 saturated carbocycles. The van der Waals surface area contributed by atoms with Crippen LogP contribution in [0.25, 0.3) is 0 Å². The van der Waals surface area contributed by atoms with Crippen LogP contribution in [-0.4, -0.2) is 29.9 Å². The summed E-state index contributed by atoms with van der Waals surface area (Å²) in [5.74, 6) is 0.538. The molecule has 98 valence electrons. The van der Waals surface area contributed by atoms with Crippen LogP contribution in [0.1, 0.15) is 37.6 Å². The molecule has 1 amide bonds. The second kappa shape index (κ2) is 6.79. The van der Waals surface area contributed by atoms with Crippen molar-refractivity contribution < 1.29 is 14.3 Å². The molecule has 0 bridgehead atoms. The Morgan fingerprint density at radius 3 is 2.06 bits per heavy atom. The van der Waals surface area contributed by atoms with E-state index < -0.39 is 0 Å². The summed E-state index contributed by atoms with van der Waals surface area (Å²) in [7, 11) is 0. The maximum atomic E-state index is 11.7. The topological polar surface area (TPSA) is 46.6 Å². The van der Waals surface area contributed by atoms with Crippen LogP contribution in [0.2, 0.25) is 0 Å². The summed E-state index contributed by atoms with van der Waals surface area (Å²) in [6.07, 6.45) is 0.105. The van der Waals surface area contributed by atoms with E-state index in [0.717, 1.165) is 0 Å². The SMILES string of the molecule is CCC(=O)c1ccc(OC(=O)N(CC)CC)cc1. The molecular formula is C14H19NO3. The smallest absolute Gasteiger partial charge is 0.410 e. The van der Waals surface area contributed by atoms with Gasteiger partial charge in [-0.3, -0.25) is 4.79 Å². The molecular weight excluding hydrogens is 230 g/mol. The van der Waals surface area contributed by atoms with Gasteiger partial charge in [-0.05, 0) is 38.1 Å². The highest BCUT2D eigenvalue weighted by Gasteiger charge is 2.12. The first kappa shape index (κ1) is 14.2. The van der Waals surface area contributed by atoms with E-state index >= 15 is 0 Å². The average Bonchev–Trinajstić information content (AvgIpc) is 2.40. The number of carbonyl (C=O) groups excluding carboxylic acids is 2. The second-order valence-corrected chi connectivity index (χ2v) is 3.84. The Morgan fingerprint density at radius 1 is 1.06 bits per heavy atom. The number of rotatable bonds is 5. The van der Waals surface area contributed by atoms with Crippen molar-refractivity contribution in [2.75, 3.05) is 13.1 Å². The predicted octanol–water partition coefficient (Wildman–Crippen LogP) is 3.12. The fourth-order valence-electron chi connectivity index (χ4n) is 1.56. The first-order valence-corrected chi connectivity index (χ1v) is 6.22. The van der Waals surface area contributed by atoms with Gasteiger partial charge < -0.3 is 9.64 Å². The molecule has 0 saturated heterocycles. The van der Waals surface area contributed by atoms with Crippen LogP contribution < -0.4 is 4.74 Å². The van der Waals surface area contributed by atoms with E-state index in [-0.39, 0.29) is 11.9 Å². The van der Waals surface area contributed by atoms with Crippen LogP contribution in [0.5, 0.6) is 5.75 Å². The molecule has 1 rings (SSSR count). The molecule has 0 N–H and O–H groups in total. The van der Waals surface area contributed by atoms with Crippen molar-refractivity contribution in [2.24, 2.45) is 0 Å². The quantitative estimate of drug-likeness (QED) is 0.753. The molecule has 4 heteroatoms. The van der Waals surface area contributed by atoms with E-state index in [0.29, 0.717) is 30.8 Å². The lowest BCUT2D eigenvalue weighted by atomic mass is 10.1. The fraction of sp³-hybridized carbons (Fsp3) is 0.429. The summed E-state index contributed by atoms with van der Waals surface area (Å²) < 4.78 is 5.20. The number of ether oxygens (including phenoxy) is 1. The molecule has 0 aliphatic heterocycles. The lowest BCUT2D eigenvalue weighted by Crippen LogP contribution is -2.33. The van der Waals surface area contributed by atoms with Gasteiger partial charge >= 0.3 is 6.09 Å². The molecule has 1 aromatic rings. The van der Waals surface area contributed by atoms with Crippen molar-refractivity contribution in [3.8, 4) is 5.75 Å². The monoisotopic (exact) mass is 249 g/mol. The Balaban J connectivity index is 2.69. The average molecular weight is 249 g/mol. The van der Waals surface area contributed by atoms with Crippen molar-refractivity contribution in [3.05, 3.63) is 29.8 Å². The molecule has 0 unspecified atom stereocenters. The van der Waals surface area contributed by atoms with Crippen molar-refractivity contribution in [1.29, 1.82) is 0 Å². The number of benzene rings is 1. The Morgan fingerprint density at radius 2 is 1.61 bits per heavy atom. The van der Waals surface area contributed by atoms with Crippen LogP contribution in [0.15, 0.2) is 24.3 Å². The summed E-state index contributed by atoms with van der Waals surface area (Å²) in [5.41, 5.74) is 0.639.